The van der Waals surface area contributed by atoms with Crippen LogP contribution in [0.25, 0.3) is 0 Å². The fourth-order valence-electron chi connectivity index (χ4n) is 2.78. The van der Waals surface area contributed by atoms with Crippen molar-refractivity contribution in [3.63, 3.8) is 0 Å². The van der Waals surface area contributed by atoms with Gasteiger partial charge in [-0.1, -0.05) is 12.1 Å². The molecule has 0 amide bonds. The van der Waals surface area contributed by atoms with Crippen LogP contribution in [0.2, 0.25) is 0 Å². The van der Waals surface area contributed by atoms with Gasteiger partial charge in [0.2, 0.25) is 0 Å². The molecular weight excluding hydrogens is 198 g/mol. The number of nitrogens with zero attached hydrogens (tertiary/aromatic N) is 1. The summed E-state index contributed by atoms with van der Waals surface area (Å²) in [6, 6.07) is 7.24. The zero-order valence-corrected chi connectivity index (χ0v) is 9.82. The van der Waals surface area contributed by atoms with Crippen LogP contribution in [0.4, 0.5) is 5.69 Å². The molecule has 0 saturated heterocycles. The van der Waals surface area contributed by atoms with Crippen molar-refractivity contribution in [3.8, 4) is 0 Å². The summed E-state index contributed by atoms with van der Waals surface area (Å²) in [5.41, 5.74) is 3.88. The topological polar surface area (TPSA) is 23.5 Å². The number of fused-ring (bicyclic) bond motifs is 1. The van der Waals surface area contributed by atoms with Gasteiger partial charge in [0.15, 0.2) is 0 Å². The van der Waals surface area contributed by atoms with Crippen molar-refractivity contribution in [3.05, 3.63) is 29.3 Å². The molecule has 0 aromatic heterocycles. The van der Waals surface area contributed by atoms with E-state index in [0.29, 0.717) is 0 Å². The Hall–Kier alpha value is -1.02. The zero-order chi connectivity index (χ0) is 11.1. The molecule has 86 valence electrons. The van der Waals surface area contributed by atoms with Crippen LogP contribution in [0.1, 0.15) is 43.4 Å². The number of hydrogen-bond donors (Lipinski definition) is 1. The van der Waals surface area contributed by atoms with Gasteiger partial charge in [0.1, 0.15) is 0 Å². The fraction of sp³-hybridized carbons (Fsp3) is 0.571. The van der Waals surface area contributed by atoms with Gasteiger partial charge < -0.3 is 10.0 Å². The molecule has 0 radical (unpaired) electrons. The highest BCUT2D eigenvalue weighted by molar-refractivity contribution is 5.60. The van der Waals surface area contributed by atoms with E-state index in [2.05, 4.69) is 23.1 Å². The van der Waals surface area contributed by atoms with Crippen LogP contribution in [0.5, 0.6) is 0 Å². The molecule has 16 heavy (non-hydrogen) atoms. The van der Waals surface area contributed by atoms with E-state index in [-0.39, 0.29) is 6.10 Å². The first-order chi connectivity index (χ1) is 7.75. The highest BCUT2D eigenvalue weighted by Crippen LogP contribution is 2.37. The van der Waals surface area contributed by atoms with E-state index in [1.165, 1.54) is 37.1 Å². The van der Waals surface area contributed by atoms with Gasteiger partial charge in [-0.2, -0.15) is 0 Å². The Bertz CT molecular complexity index is 396. The Morgan fingerprint density at radius 3 is 2.81 bits per heavy atom. The summed E-state index contributed by atoms with van der Waals surface area (Å²) in [5.74, 6) is 0. The van der Waals surface area contributed by atoms with Crippen LogP contribution in [0.3, 0.4) is 0 Å². The van der Waals surface area contributed by atoms with Gasteiger partial charge in [0.25, 0.3) is 0 Å². The van der Waals surface area contributed by atoms with Gasteiger partial charge in [-0.15, -0.1) is 0 Å². The molecule has 1 unspecified atom stereocenters. The minimum atomic E-state index is -0.344. The van der Waals surface area contributed by atoms with Gasteiger partial charge in [-0.25, -0.2) is 0 Å². The Labute approximate surface area is 96.9 Å². The van der Waals surface area contributed by atoms with Crippen molar-refractivity contribution in [2.45, 2.75) is 44.8 Å². The molecule has 1 aliphatic carbocycles. The predicted molar refractivity (Wildman–Crippen MR) is 65.8 cm³/mol. The molecule has 1 atom stereocenters. The SMILES string of the molecule is CC(O)c1ccc2c(c1)CCN2C1CCC1. The molecule has 1 aromatic rings. The van der Waals surface area contributed by atoms with E-state index < -0.39 is 0 Å². The smallest absolute Gasteiger partial charge is 0.0762 e. The highest BCUT2D eigenvalue weighted by atomic mass is 16.3. The van der Waals surface area contributed by atoms with Crippen molar-refractivity contribution in [2.75, 3.05) is 11.4 Å². The van der Waals surface area contributed by atoms with Crippen LogP contribution < -0.4 is 4.90 Å². The largest absolute Gasteiger partial charge is 0.389 e. The van der Waals surface area contributed by atoms with Crippen molar-refractivity contribution in [1.29, 1.82) is 0 Å². The zero-order valence-electron chi connectivity index (χ0n) is 9.82. The van der Waals surface area contributed by atoms with E-state index in [9.17, 15) is 5.11 Å². The molecule has 3 rings (SSSR count). The molecule has 2 nitrogen and oxygen atoms in total. The quantitative estimate of drug-likeness (QED) is 0.823. The maximum atomic E-state index is 9.57. The monoisotopic (exact) mass is 217 g/mol. The molecule has 1 fully saturated rings. The lowest BCUT2D eigenvalue weighted by Gasteiger charge is -2.36. The standard InChI is InChI=1S/C14H19NO/c1-10(16)11-5-6-14-12(9-11)7-8-15(14)13-3-2-4-13/h5-6,9-10,13,16H,2-4,7-8H2,1H3. The summed E-state index contributed by atoms with van der Waals surface area (Å²) in [7, 11) is 0. The van der Waals surface area contributed by atoms with Crippen LogP contribution in [0.15, 0.2) is 18.2 Å². The van der Waals surface area contributed by atoms with Crippen molar-refractivity contribution < 1.29 is 5.11 Å². The van der Waals surface area contributed by atoms with Crippen molar-refractivity contribution in [1.82, 2.24) is 0 Å². The summed E-state index contributed by atoms with van der Waals surface area (Å²) < 4.78 is 0. The van der Waals surface area contributed by atoms with E-state index in [1.54, 1.807) is 0 Å². The summed E-state index contributed by atoms with van der Waals surface area (Å²) in [6.07, 6.45) is 4.91. The number of aliphatic hydroxyl groups excluding tert-OH is 1. The Balaban J connectivity index is 1.89. The molecule has 2 aliphatic rings. The first-order valence-corrected chi connectivity index (χ1v) is 6.33. The Kier molecular flexibility index (Phi) is 2.40. The third-order valence-corrected chi connectivity index (χ3v) is 4.03. The Morgan fingerprint density at radius 1 is 1.38 bits per heavy atom. The Morgan fingerprint density at radius 2 is 2.19 bits per heavy atom. The first-order valence-electron chi connectivity index (χ1n) is 6.33. The second kappa shape index (κ2) is 3.77. The van der Waals surface area contributed by atoms with E-state index in [1.807, 2.05) is 6.92 Å². The van der Waals surface area contributed by atoms with Crippen LogP contribution in [-0.4, -0.2) is 17.7 Å². The minimum absolute atomic E-state index is 0.344. The lowest BCUT2D eigenvalue weighted by atomic mass is 9.91. The van der Waals surface area contributed by atoms with Crippen LogP contribution in [-0.2, 0) is 6.42 Å². The number of anilines is 1. The summed E-state index contributed by atoms with van der Waals surface area (Å²) in [5, 5.41) is 9.57. The lowest BCUT2D eigenvalue weighted by Crippen LogP contribution is -2.38. The van der Waals surface area contributed by atoms with Gasteiger partial charge in [0, 0.05) is 18.3 Å². The summed E-state index contributed by atoms with van der Waals surface area (Å²) in [4.78, 5) is 2.56. The number of hydrogen-bond acceptors (Lipinski definition) is 2. The summed E-state index contributed by atoms with van der Waals surface area (Å²) in [6.45, 7) is 3.00. The second-order valence-electron chi connectivity index (χ2n) is 5.09. The van der Waals surface area contributed by atoms with Crippen LogP contribution in [0, 0.1) is 0 Å². The maximum Gasteiger partial charge on any atom is 0.0762 e. The maximum absolute atomic E-state index is 9.57. The molecule has 0 bridgehead atoms. The first kappa shape index (κ1) is 10.2. The highest BCUT2D eigenvalue weighted by Gasteiger charge is 2.29. The third kappa shape index (κ3) is 1.52. The van der Waals surface area contributed by atoms with Gasteiger partial charge in [-0.05, 0) is 49.8 Å². The van der Waals surface area contributed by atoms with E-state index in [4.69, 9.17) is 0 Å². The molecule has 0 spiro atoms. The second-order valence-corrected chi connectivity index (χ2v) is 5.09. The molecule has 2 heteroatoms. The number of rotatable bonds is 2. The fourth-order valence-corrected chi connectivity index (χ4v) is 2.78. The molecule has 1 aromatic carbocycles. The number of aliphatic hydroxyl groups is 1. The van der Waals surface area contributed by atoms with E-state index >= 15 is 0 Å². The molecule has 1 saturated carbocycles. The normalized spacial score (nSPS) is 21.8. The van der Waals surface area contributed by atoms with Crippen molar-refractivity contribution in [2.24, 2.45) is 0 Å². The molecule has 1 aliphatic heterocycles. The van der Waals surface area contributed by atoms with Crippen LogP contribution >= 0.6 is 0 Å². The van der Waals surface area contributed by atoms with Crippen molar-refractivity contribution >= 4 is 5.69 Å². The predicted octanol–water partition coefficient (Wildman–Crippen LogP) is 2.65. The number of benzene rings is 1. The van der Waals surface area contributed by atoms with Gasteiger partial charge in [0.05, 0.1) is 6.10 Å². The summed E-state index contributed by atoms with van der Waals surface area (Å²) >= 11 is 0. The third-order valence-electron chi connectivity index (χ3n) is 4.03. The molecular formula is C14H19NO. The average molecular weight is 217 g/mol. The minimum Gasteiger partial charge on any atom is -0.389 e. The van der Waals surface area contributed by atoms with Gasteiger partial charge in [-0.3, -0.25) is 0 Å². The van der Waals surface area contributed by atoms with E-state index in [0.717, 1.165) is 18.0 Å². The lowest BCUT2D eigenvalue weighted by molar-refractivity contribution is 0.199. The molecule has 1 N–H and O–H groups in total. The average Bonchev–Trinajstić information content (AvgIpc) is 2.59. The van der Waals surface area contributed by atoms with Gasteiger partial charge >= 0.3 is 0 Å². The molecule has 1 heterocycles.